The molecule has 0 saturated carbocycles. The minimum Gasteiger partial charge on any atom is -0.494 e. The highest BCUT2D eigenvalue weighted by Crippen LogP contribution is 2.21. The van der Waals surface area contributed by atoms with Crippen LogP contribution in [0.5, 0.6) is 5.75 Å². The van der Waals surface area contributed by atoms with Gasteiger partial charge in [-0.1, -0.05) is 17.4 Å². The molecule has 0 spiro atoms. The van der Waals surface area contributed by atoms with Crippen molar-refractivity contribution < 1.29 is 9.13 Å². The minimum atomic E-state index is -0.377. The lowest BCUT2D eigenvalue weighted by Gasteiger charge is -2.03. The molecule has 4 nitrogen and oxygen atoms in total. The van der Waals surface area contributed by atoms with Crippen LogP contribution in [0, 0.1) is 5.82 Å². The fourth-order valence-electron chi connectivity index (χ4n) is 1.33. The Morgan fingerprint density at radius 1 is 1.44 bits per heavy atom. The maximum atomic E-state index is 13.4. The van der Waals surface area contributed by atoms with E-state index in [1.54, 1.807) is 12.1 Å². The number of aromatic nitrogens is 2. The van der Waals surface area contributed by atoms with Gasteiger partial charge in [0.15, 0.2) is 11.6 Å². The molecule has 0 aliphatic heterocycles. The van der Waals surface area contributed by atoms with Gasteiger partial charge in [0, 0.05) is 6.42 Å². The molecule has 1 heterocycles. The first kappa shape index (κ1) is 10.8. The molecular weight excluding hydrogens is 229 g/mol. The maximum absolute atomic E-state index is 13.4. The Labute approximate surface area is 95.9 Å². The van der Waals surface area contributed by atoms with Crippen LogP contribution in [0.4, 0.5) is 9.52 Å². The number of ether oxygens (including phenoxy) is 1. The molecule has 0 aliphatic carbocycles. The Hall–Kier alpha value is -1.69. The number of nitrogens with two attached hydrogens (primary N) is 1. The minimum absolute atomic E-state index is 0.237. The molecule has 2 N–H and O–H groups in total. The summed E-state index contributed by atoms with van der Waals surface area (Å²) in [4.78, 5) is 0. The highest BCUT2D eigenvalue weighted by Gasteiger charge is 2.06. The molecule has 0 radical (unpaired) electrons. The average molecular weight is 239 g/mol. The number of rotatable bonds is 3. The standard InChI is InChI=1S/C10H10FN3OS/c1-15-8-3-2-6(4-7(8)11)5-9-13-14-10(12)16-9/h2-4H,5H2,1H3,(H2,12,14). The SMILES string of the molecule is COc1ccc(Cc2nnc(N)s2)cc1F. The van der Waals surface area contributed by atoms with Gasteiger partial charge in [-0.05, 0) is 17.7 Å². The second-order valence-electron chi connectivity index (χ2n) is 3.18. The smallest absolute Gasteiger partial charge is 0.203 e. The van der Waals surface area contributed by atoms with E-state index in [-0.39, 0.29) is 11.6 Å². The summed E-state index contributed by atoms with van der Waals surface area (Å²) in [5.74, 6) is -0.141. The molecule has 0 amide bonds. The van der Waals surface area contributed by atoms with Crippen LogP contribution < -0.4 is 10.5 Å². The number of methoxy groups -OCH3 is 1. The number of anilines is 1. The van der Waals surface area contributed by atoms with Gasteiger partial charge >= 0.3 is 0 Å². The van der Waals surface area contributed by atoms with Gasteiger partial charge in [0.2, 0.25) is 5.13 Å². The summed E-state index contributed by atoms with van der Waals surface area (Å²) in [6.07, 6.45) is 0.524. The van der Waals surface area contributed by atoms with Crippen LogP contribution in [0.3, 0.4) is 0 Å². The Morgan fingerprint density at radius 2 is 2.25 bits per heavy atom. The average Bonchev–Trinajstić information content (AvgIpc) is 2.64. The number of nitrogens with zero attached hydrogens (tertiary/aromatic N) is 2. The van der Waals surface area contributed by atoms with Crippen molar-refractivity contribution in [1.29, 1.82) is 0 Å². The van der Waals surface area contributed by atoms with Gasteiger partial charge in [-0.2, -0.15) is 0 Å². The predicted molar refractivity (Wildman–Crippen MR) is 60.1 cm³/mol. The first-order valence-electron chi connectivity index (χ1n) is 4.59. The van der Waals surface area contributed by atoms with Gasteiger partial charge in [-0.15, -0.1) is 10.2 Å². The second kappa shape index (κ2) is 4.44. The Balaban J connectivity index is 2.19. The van der Waals surface area contributed by atoms with E-state index in [0.717, 1.165) is 10.6 Å². The van der Waals surface area contributed by atoms with Crippen LogP contribution in [0.1, 0.15) is 10.6 Å². The maximum Gasteiger partial charge on any atom is 0.203 e. The zero-order chi connectivity index (χ0) is 11.5. The van der Waals surface area contributed by atoms with E-state index in [9.17, 15) is 4.39 Å². The Bertz CT molecular complexity index is 501. The van der Waals surface area contributed by atoms with E-state index in [1.165, 1.54) is 24.5 Å². The molecule has 1 aromatic heterocycles. The molecule has 0 bridgehead atoms. The zero-order valence-electron chi connectivity index (χ0n) is 8.61. The van der Waals surface area contributed by atoms with E-state index in [1.807, 2.05) is 0 Å². The van der Waals surface area contributed by atoms with Gasteiger partial charge in [0.25, 0.3) is 0 Å². The van der Waals surface area contributed by atoms with Crippen LogP contribution in [0.25, 0.3) is 0 Å². The van der Waals surface area contributed by atoms with Crippen molar-refractivity contribution >= 4 is 16.5 Å². The van der Waals surface area contributed by atoms with Gasteiger partial charge < -0.3 is 10.5 Å². The molecule has 2 rings (SSSR count). The largest absolute Gasteiger partial charge is 0.494 e. The normalized spacial score (nSPS) is 10.4. The number of nitrogen functional groups attached to an aromatic ring is 1. The highest BCUT2D eigenvalue weighted by atomic mass is 32.1. The predicted octanol–water partition coefficient (Wildman–Crippen LogP) is 1.86. The van der Waals surface area contributed by atoms with E-state index in [4.69, 9.17) is 10.5 Å². The molecule has 0 saturated heterocycles. The first-order chi connectivity index (χ1) is 7.69. The zero-order valence-corrected chi connectivity index (χ0v) is 9.42. The molecule has 6 heteroatoms. The van der Waals surface area contributed by atoms with E-state index < -0.39 is 0 Å². The summed E-state index contributed by atoms with van der Waals surface area (Å²) in [6, 6.07) is 4.81. The van der Waals surface area contributed by atoms with E-state index in [2.05, 4.69) is 10.2 Å². The number of halogens is 1. The fourth-order valence-corrected chi connectivity index (χ4v) is 1.98. The van der Waals surface area contributed by atoms with Crippen molar-refractivity contribution in [3.63, 3.8) is 0 Å². The summed E-state index contributed by atoms with van der Waals surface area (Å²) in [6.45, 7) is 0. The third-order valence-corrected chi connectivity index (χ3v) is 2.81. The van der Waals surface area contributed by atoms with Crippen molar-refractivity contribution in [3.05, 3.63) is 34.6 Å². The topological polar surface area (TPSA) is 61.0 Å². The molecule has 0 atom stereocenters. The van der Waals surface area contributed by atoms with Crippen molar-refractivity contribution in [2.75, 3.05) is 12.8 Å². The van der Waals surface area contributed by atoms with Gasteiger partial charge in [-0.25, -0.2) is 4.39 Å². The highest BCUT2D eigenvalue weighted by molar-refractivity contribution is 7.15. The third-order valence-electron chi connectivity index (χ3n) is 2.05. The summed E-state index contributed by atoms with van der Waals surface area (Å²) < 4.78 is 18.2. The second-order valence-corrected chi connectivity index (χ2v) is 4.27. The van der Waals surface area contributed by atoms with Crippen LogP contribution in [0.15, 0.2) is 18.2 Å². The Morgan fingerprint density at radius 3 is 2.81 bits per heavy atom. The molecule has 2 aromatic rings. The van der Waals surface area contributed by atoms with Gasteiger partial charge in [0.1, 0.15) is 5.01 Å². The molecule has 0 aliphatic rings. The molecule has 1 aromatic carbocycles. The van der Waals surface area contributed by atoms with Crippen molar-refractivity contribution in [2.45, 2.75) is 6.42 Å². The molecular formula is C10H10FN3OS. The number of hydrogen-bond acceptors (Lipinski definition) is 5. The van der Waals surface area contributed by atoms with Crippen LogP contribution in [0.2, 0.25) is 0 Å². The third kappa shape index (κ3) is 2.27. The number of hydrogen-bond donors (Lipinski definition) is 1. The van der Waals surface area contributed by atoms with Crippen molar-refractivity contribution in [2.24, 2.45) is 0 Å². The number of benzene rings is 1. The van der Waals surface area contributed by atoms with Crippen LogP contribution in [-0.2, 0) is 6.42 Å². The Kier molecular flexibility index (Phi) is 3.00. The quantitative estimate of drug-likeness (QED) is 0.888. The summed E-state index contributed by atoms with van der Waals surface area (Å²) >= 11 is 1.30. The summed E-state index contributed by atoms with van der Waals surface area (Å²) in [7, 11) is 1.43. The lowest BCUT2D eigenvalue weighted by molar-refractivity contribution is 0.386. The molecule has 0 unspecified atom stereocenters. The fraction of sp³-hybridized carbons (Fsp3) is 0.200. The van der Waals surface area contributed by atoms with Crippen LogP contribution in [-0.4, -0.2) is 17.3 Å². The van der Waals surface area contributed by atoms with Crippen molar-refractivity contribution in [3.8, 4) is 5.75 Å². The summed E-state index contributed by atoms with van der Waals surface area (Å²) in [5.41, 5.74) is 6.27. The lowest BCUT2D eigenvalue weighted by atomic mass is 10.1. The van der Waals surface area contributed by atoms with Gasteiger partial charge in [0.05, 0.1) is 7.11 Å². The van der Waals surface area contributed by atoms with E-state index in [0.29, 0.717) is 11.6 Å². The van der Waals surface area contributed by atoms with E-state index >= 15 is 0 Å². The van der Waals surface area contributed by atoms with Crippen LogP contribution >= 0.6 is 11.3 Å². The van der Waals surface area contributed by atoms with Gasteiger partial charge in [-0.3, -0.25) is 0 Å². The summed E-state index contributed by atoms with van der Waals surface area (Å²) in [5, 5.41) is 8.76. The molecule has 84 valence electrons. The lowest BCUT2D eigenvalue weighted by Crippen LogP contribution is -1.92. The molecule has 16 heavy (non-hydrogen) atoms. The van der Waals surface area contributed by atoms with Crippen molar-refractivity contribution in [1.82, 2.24) is 10.2 Å². The molecule has 0 fully saturated rings. The first-order valence-corrected chi connectivity index (χ1v) is 5.41. The monoisotopic (exact) mass is 239 g/mol.